The third-order valence-electron chi connectivity index (χ3n) is 6.62. The first-order chi connectivity index (χ1) is 18.3. The number of hydrogen-bond donors (Lipinski definition) is 5. The third-order valence-corrected chi connectivity index (χ3v) is 6.62. The minimum atomic E-state index is -0.501. The van der Waals surface area contributed by atoms with Crippen LogP contribution in [0, 0.1) is 13.8 Å². The lowest BCUT2D eigenvalue weighted by Gasteiger charge is -2.24. The SMILES string of the molecule is CCN(CCO)c1ccc(N=C2C(O)=CC(=O)C(Nc3ccc(N(CC)CCO)cc3C)=C2CO)c(C)c1. The number of ketones is 1. The topological polar surface area (TPSA) is 129 Å². The van der Waals surface area contributed by atoms with E-state index in [0.717, 1.165) is 41.7 Å². The number of aryl methyl sites for hydroxylation is 2. The van der Waals surface area contributed by atoms with Crippen LogP contribution >= 0.6 is 0 Å². The lowest BCUT2D eigenvalue weighted by Crippen LogP contribution is -2.27. The van der Waals surface area contributed by atoms with Gasteiger partial charge in [0.05, 0.1) is 31.2 Å². The van der Waals surface area contributed by atoms with Crippen LogP contribution in [0.2, 0.25) is 0 Å². The van der Waals surface area contributed by atoms with E-state index < -0.39 is 12.4 Å². The summed E-state index contributed by atoms with van der Waals surface area (Å²) in [5.74, 6) is -0.766. The van der Waals surface area contributed by atoms with E-state index >= 15 is 0 Å². The van der Waals surface area contributed by atoms with Gasteiger partial charge in [0.15, 0.2) is 0 Å². The molecule has 0 aromatic heterocycles. The van der Waals surface area contributed by atoms with Crippen molar-refractivity contribution in [1.82, 2.24) is 0 Å². The zero-order chi connectivity index (χ0) is 27.8. The van der Waals surface area contributed by atoms with Crippen molar-refractivity contribution in [3.05, 3.63) is 70.6 Å². The molecule has 0 radical (unpaired) electrons. The second-order valence-electron chi connectivity index (χ2n) is 9.07. The van der Waals surface area contributed by atoms with Crippen LogP contribution in [0.15, 0.2) is 64.5 Å². The van der Waals surface area contributed by atoms with Crippen molar-refractivity contribution < 1.29 is 25.2 Å². The van der Waals surface area contributed by atoms with Crippen molar-refractivity contribution in [3.63, 3.8) is 0 Å². The Morgan fingerprint density at radius 2 is 1.45 bits per heavy atom. The number of carbonyl (C=O) groups is 1. The van der Waals surface area contributed by atoms with Gasteiger partial charge in [0, 0.05) is 54.9 Å². The summed E-state index contributed by atoms with van der Waals surface area (Å²) < 4.78 is 0. The molecule has 0 heterocycles. The van der Waals surface area contributed by atoms with Gasteiger partial charge < -0.3 is 35.5 Å². The number of likely N-dealkylation sites (N-methyl/N-ethyl adjacent to an activating group) is 2. The Morgan fingerprint density at radius 3 is 1.95 bits per heavy atom. The molecule has 3 rings (SSSR count). The van der Waals surface area contributed by atoms with Gasteiger partial charge in [-0.1, -0.05) is 0 Å². The standard InChI is InChI=1S/C29H38N4O5/c1-5-32(11-13-34)21-7-9-24(19(3)15-21)30-28-23(18-36)29(27(38)17-26(28)37)31-25-10-8-22(16-20(25)4)33(6-2)12-14-35/h7-10,15-17,30,34-36,38H,5-6,11-14,18H2,1-4H3. The van der Waals surface area contributed by atoms with E-state index in [9.17, 15) is 25.2 Å². The number of aliphatic imine (C=N–C) groups is 1. The highest BCUT2D eigenvalue weighted by molar-refractivity contribution is 6.25. The monoisotopic (exact) mass is 522 g/mol. The average Bonchev–Trinajstić information content (AvgIpc) is 2.90. The fourth-order valence-electron chi connectivity index (χ4n) is 4.48. The molecule has 0 amide bonds. The van der Waals surface area contributed by atoms with Crippen molar-refractivity contribution in [3.8, 4) is 0 Å². The Balaban J connectivity index is 1.98. The van der Waals surface area contributed by atoms with E-state index in [4.69, 9.17) is 0 Å². The van der Waals surface area contributed by atoms with Crippen LogP contribution in [-0.4, -0.2) is 77.9 Å². The molecule has 0 atom stereocenters. The smallest absolute Gasteiger partial charge is 0.206 e. The summed E-state index contributed by atoms with van der Waals surface area (Å²) in [6, 6.07) is 11.4. The number of aliphatic hydroxyl groups excluding tert-OH is 4. The molecule has 38 heavy (non-hydrogen) atoms. The normalized spacial score (nSPS) is 14.7. The molecule has 9 nitrogen and oxygen atoms in total. The van der Waals surface area contributed by atoms with Crippen LogP contribution in [0.3, 0.4) is 0 Å². The van der Waals surface area contributed by atoms with Crippen molar-refractivity contribution in [2.75, 3.05) is 61.1 Å². The van der Waals surface area contributed by atoms with Gasteiger partial charge in [0.25, 0.3) is 0 Å². The summed E-state index contributed by atoms with van der Waals surface area (Å²) in [6.45, 7) is 9.94. The predicted molar refractivity (Wildman–Crippen MR) is 153 cm³/mol. The Hall–Kier alpha value is -3.66. The van der Waals surface area contributed by atoms with Crippen molar-refractivity contribution in [2.24, 2.45) is 4.99 Å². The molecule has 0 aliphatic heterocycles. The number of allylic oxidation sites excluding steroid dienone is 2. The molecule has 0 spiro atoms. The number of hydrogen-bond acceptors (Lipinski definition) is 9. The third kappa shape index (κ3) is 6.42. The van der Waals surface area contributed by atoms with Gasteiger partial charge in [0.2, 0.25) is 5.78 Å². The van der Waals surface area contributed by atoms with Crippen LogP contribution in [-0.2, 0) is 4.79 Å². The number of carbonyl (C=O) groups excluding carboxylic acids is 1. The van der Waals surface area contributed by atoms with E-state index in [-0.39, 0.29) is 36.0 Å². The zero-order valence-corrected chi connectivity index (χ0v) is 22.5. The number of rotatable bonds is 12. The molecule has 0 saturated carbocycles. The van der Waals surface area contributed by atoms with Crippen molar-refractivity contribution in [2.45, 2.75) is 27.7 Å². The van der Waals surface area contributed by atoms with Gasteiger partial charge in [-0.05, 0) is 75.2 Å². The van der Waals surface area contributed by atoms with Gasteiger partial charge in [-0.25, -0.2) is 4.99 Å². The van der Waals surface area contributed by atoms with Gasteiger partial charge in [-0.2, -0.15) is 0 Å². The zero-order valence-electron chi connectivity index (χ0n) is 22.5. The second-order valence-corrected chi connectivity index (χ2v) is 9.07. The Bertz CT molecular complexity index is 1250. The maximum atomic E-state index is 12.9. The summed E-state index contributed by atoms with van der Waals surface area (Å²) in [4.78, 5) is 21.6. The minimum Gasteiger partial charge on any atom is -0.506 e. The van der Waals surface area contributed by atoms with E-state index in [1.54, 1.807) is 0 Å². The van der Waals surface area contributed by atoms with Crippen LogP contribution in [0.1, 0.15) is 25.0 Å². The Kier molecular flexibility index (Phi) is 10.1. The average molecular weight is 523 g/mol. The highest BCUT2D eigenvalue weighted by Crippen LogP contribution is 2.30. The maximum absolute atomic E-state index is 12.9. The first-order valence-corrected chi connectivity index (χ1v) is 12.9. The van der Waals surface area contributed by atoms with E-state index in [2.05, 4.69) is 10.3 Å². The van der Waals surface area contributed by atoms with Crippen LogP contribution in [0.4, 0.5) is 22.7 Å². The lowest BCUT2D eigenvalue weighted by atomic mass is 9.97. The van der Waals surface area contributed by atoms with Crippen molar-refractivity contribution in [1.29, 1.82) is 0 Å². The number of benzene rings is 2. The summed E-state index contributed by atoms with van der Waals surface area (Å²) in [5.41, 5.74) is 5.37. The summed E-state index contributed by atoms with van der Waals surface area (Å²) >= 11 is 0. The van der Waals surface area contributed by atoms with Gasteiger partial charge >= 0.3 is 0 Å². The van der Waals surface area contributed by atoms with Crippen molar-refractivity contribution >= 4 is 34.2 Å². The largest absolute Gasteiger partial charge is 0.506 e. The quantitative estimate of drug-likeness (QED) is 0.268. The molecule has 9 heteroatoms. The van der Waals surface area contributed by atoms with Crippen LogP contribution in [0.5, 0.6) is 0 Å². The number of aliphatic hydroxyl groups is 4. The predicted octanol–water partition coefficient (Wildman–Crippen LogP) is 3.40. The molecule has 0 unspecified atom stereocenters. The lowest BCUT2D eigenvalue weighted by molar-refractivity contribution is -0.111. The Morgan fingerprint density at radius 1 is 0.868 bits per heavy atom. The number of nitrogens with one attached hydrogen (secondary N) is 1. The van der Waals surface area contributed by atoms with E-state index in [1.807, 2.05) is 73.9 Å². The molecular weight excluding hydrogens is 484 g/mol. The maximum Gasteiger partial charge on any atom is 0.206 e. The summed E-state index contributed by atoms with van der Waals surface area (Å²) in [7, 11) is 0. The molecule has 0 fully saturated rings. The molecule has 1 aliphatic carbocycles. The highest BCUT2D eigenvalue weighted by atomic mass is 16.3. The summed E-state index contributed by atoms with van der Waals surface area (Å²) in [5, 5.41) is 42.7. The van der Waals surface area contributed by atoms with E-state index in [1.165, 1.54) is 0 Å². The van der Waals surface area contributed by atoms with E-state index in [0.29, 0.717) is 24.5 Å². The molecule has 5 N–H and O–H groups in total. The fourth-order valence-corrected chi connectivity index (χ4v) is 4.48. The van der Waals surface area contributed by atoms with Crippen LogP contribution in [0.25, 0.3) is 0 Å². The molecule has 204 valence electrons. The van der Waals surface area contributed by atoms with Gasteiger partial charge in [0.1, 0.15) is 11.5 Å². The Labute approximate surface area is 224 Å². The number of anilines is 3. The first-order valence-electron chi connectivity index (χ1n) is 12.9. The fraction of sp³-hybridized carbons (Fsp3) is 0.379. The van der Waals surface area contributed by atoms with Gasteiger partial charge in [-0.15, -0.1) is 0 Å². The molecular formula is C29H38N4O5. The molecule has 0 bridgehead atoms. The highest BCUT2D eigenvalue weighted by Gasteiger charge is 2.27. The molecule has 2 aromatic carbocycles. The molecule has 2 aromatic rings. The number of nitrogens with zero attached hydrogens (tertiary/aromatic N) is 3. The second kappa shape index (κ2) is 13.2. The van der Waals surface area contributed by atoms with Crippen LogP contribution < -0.4 is 15.1 Å². The van der Waals surface area contributed by atoms with Gasteiger partial charge in [-0.3, -0.25) is 4.79 Å². The molecule has 0 saturated heterocycles. The first kappa shape index (κ1) is 28.9. The summed E-state index contributed by atoms with van der Waals surface area (Å²) in [6.07, 6.45) is 1.11. The molecule has 1 aliphatic rings. The minimum absolute atomic E-state index is 0.0474.